The predicted octanol–water partition coefficient (Wildman–Crippen LogP) is 1.64. The summed E-state index contributed by atoms with van der Waals surface area (Å²) in [6.07, 6.45) is 4.32. The summed E-state index contributed by atoms with van der Waals surface area (Å²) in [6, 6.07) is 0.338. The largest absolute Gasteiger partial charge is 0.338 e. The Hall–Kier alpha value is -0.620. The van der Waals surface area contributed by atoms with Crippen LogP contribution in [0.15, 0.2) is 0 Å². The first-order chi connectivity index (χ1) is 8.63. The molecule has 2 saturated heterocycles. The van der Waals surface area contributed by atoms with E-state index in [1.807, 2.05) is 4.90 Å². The maximum atomic E-state index is 12.3. The smallest absolute Gasteiger partial charge is 0.242 e. The normalized spacial score (nSPS) is 24.8. The Morgan fingerprint density at radius 1 is 1.50 bits per heavy atom. The molecule has 4 nitrogen and oxygen atoms in total. The lowest BCUT2D eigenvalue weighted by molar-refractivity contribution is -0.138. The second-order valence-electron chi connectivity index (χ2n) is 4.68. The molecule has 1 unspecified atom stereocenters. The van der Waals surface area contributed by atoms with Crippen LogP contribution in [0.1, 0.15) is 32.6 Å². The standard InChI is InChI=1S/C12H18N2O2S2/c1-2-9-5-3-4-6-13(9)10(15)7-14-11(16)8-18-12(14)17/h9H,2-8H2,1H3. The van der Waals surface area contributed by atoms with E-state index in [4.69, 9.17) is 12.2 Å². The number of amides is 2. The SMILES string of the molecule is CCC1CCCCN1C(=O)CN1C(=O)CSC1=S. The van der Waals surface area contributed by atoms with Crippen LogP contribution in [0.25, 0.3) is 0 Å². The maximum absolute atomic E-state index is 12.3. The lowest BCUT2D eigenvalue weighted by atomic mass is 10.00. The number of rotatable bonds is 3. The Labute approximate surface area is 117 Å². The van der Waals surface area contributed by atoms with E-state index in [0.717, 1.165) is 25.8 Å². The Kier molecular flexibility index (Phi) is 4.61. The number of thiocarbonyl (C=S) groups is 1. The fraction of sp³-hybridized carbons (Fsp3) is 0.750. The highest BCUT2D eigenvalue weighted by molar-refractivity contribution is 8.23. The third kappa shape index (κ3) is 2.85. The van der Waals surface area contributed by atoms with Gasteiger partial charge in [0, 0.05) is 12.6 Å². The Bertz CT molecular complexity index is 357. The van der Waals surface area contributed by atoms with E-state index >= 15 is 0 Å². The average molecular weight is 286 g/mol. The first kappa shape index (κ1) is 13.8. The first-order valence-corrected chi connectivity index (χ1v) is 7.79. The minimum absolute atomic E-state index is 0.0385. The molecule has 1 atom stereocenters. The fourth-order valence-electron chi connectivity index (χ4n) is 2.51. The molecule has 0 radical (unpaired) electrons. The van der Waals surface area contributed by atoms with Crippen LogP contribution in [0.4, 0.5) is 0 Å². The zero-order valence-electron chi connectivity index (χ0n) is 10.6. The molecular formula is C12H18N2O2S2. The average Bonchev–Trinajstić information content (AvgIpc) is 2.70. The van der Waals surface area contributed by atoms with Gasteiger partial charge in [0.1, 0.15) is 10.9 Å². The van der Waals surface area contributed by atoms with Crippen molar-refractivity contribution < 1.29 is 9.59 Å². The van der Waals surface area contributed by atoms with Gasteiger partial charge in [0.15, 0.2) is 0 Å². The van der Waals surface area contributed by atoms with Gasteiger partial charge in [-0.2, -0.15) is 0 Å². The molecular weight excluding hydrogens is 268 g/mol. The quantitative estimate of drug-likeness (QED) is 0.740. The van der Waals surface area contributed by atoms with Crippen LogP contribution in [0.3, 0.4) is 0 Å². The van der Waals surface area contributed by atoms with Crippen LogP contribution in [-0.4, -0.2) is 50.8 Å². The van der Waals surface area contributed by atoms with Gasteiger partial charge in [-0.25, -0.2) is 0 Å². The first-order valence-electron chi connectivity index (χ1n) is 6.40. The van der Waals surface area contributed by atoms with Gasteiger partial charge in [0.2, 0.25) is 11.8 Å². The van der Waals surface area contributed by atoms with Crippen molar-refractivity contribution in [3.8, 4) is 0 Å². The summed E-state index contributed by atoms with van der Waals surface area (Å²) in [5.74, 6) is 0.381. The molecule has 6 heteroatoms. The van der Waals surface area contributed by atoms with Crippen molar-refractivity contribution in [3.05, 3.63) is 0 Å². The molecule has 0 aromatic rings. The number of hydrogen-bond donors (Lipinski definition) is 0. The molecule has 2 heterocycles. The predicted molar refractivity (Wildman–Crippen MR) is 76.4 cm³/mol. The third-order valence-corrected chi connectivity index (χ3v) is 4.99. The third-order valence-electron chi connectivity index (χ3n) is 3.55. The van der Waals surface area contributed by atoms with Gasteiger partial charge in [0.05, 0.1) is 5.75 Å². The van der Waals surface area contributed by atoms with E-state index in [1.165, 1.54) is 23.1 Å². The highest BCUT2D eigenvalue weighted by Crippen LogP contribution is 2.22. The van der Waals surface area contributed by atoms with Crippen LogP contribution >= 0.6 is 24.0 Å². The Balaban J connectivity index is 1.98. The molecule has 0 spiro atoms. The molecule has 0 bridgehead atoms. The van der Waals surface area contributed by atoms with Crippen molar-refractivity contribution in [2.75, 3.05) is 18.8 Å². The number of nitrogens with zero attached hydrogens (tertiary/aromatic N) is 2. The van der Waals surface area contributed by atoms with E-state index < -0.39 is 0 Å². The van der Waals surface area contributed by atoms with E-state index in [-0.39, 0.29) is 18.4 Å². The van der Waals surface area contributed by atoms with E-state index in [9.17, 15) is 9.59 Å². The summed E-state index contributed by atoms with van der Waals surface area (Å²) >= 11 is 6.44. The van der Waals surface area contributed by atoms with Crippen LogP contribution in [0.2, 0.25) is 0 Å². The summed E-state index contributed by atoms with van der Waals surface area (Å²) in [6.45, 7) is 3.05. The number of likely N-dealkylation sites (tertiary alicyclic amines) is 1. The van der Waals surface area contributed by atoms with Gasteiger partial charge < -0.3 is 4.90 Å². The number of piperidine rings is 1. The molecule has 100 valence electrons. The van der Waals surface area contributed by atoms with Gasteiger partial charge in [-0.3, -0.25) is 14.5 Å². The van der Waals surface area contributed by atoms with Crippen LogP contribution in [-0.2, 0) is 9.59 Å². The second kappa shape index (κ2) is 6.02. The van der Waals surface area contributed by atoms with Gasteiger partial charge >= 0.3 is 0 Å². The fourth-order valence-corrected chi connectivity index (χ4v) is 3.58. The van der Waals surface area contributed by atoms with Gasteiger partial charge in [0.25, 0.3) is 0 Å². The zero-order valence-corrected chi connectivity index (χ0v) is 12.2. The second-order valence-corrected chi connectivity index (χ2v) is 6.29. The summed E-state index contributed by atoms with van der Waals surface area (Å²) in [7, 11) is 0. The number of thioether (sulfide) groups is 1. The summed E-state index contributed by atoms with van der Waals surface area (Å²) < 4.78 is 0.540. The van der Waals surface area contributed by atoms with Crippen LogP contribution in [0, 0.1) is 0 Å². The zero-order chi connectivity index (χ0) is 13.1. The van der Waals surface area contributed by atoms with Crippen molar-refractivity contribution in [2.24, 2.45) is 0 Å². The van der Waals surface area contributed by atoms with Crippen LogP contribution in [0.5, 0.6) is 0 Å². The number of carbonyl (C=O) groups is 2. The lowest BCUT2D eigenvalue weighted by Gasteiger charge is -2.36. The molecule has 0 saturated carbocycles. The highest BCUT2D eigenvalue weighted by atomic mass is 32.2. The van der Waals surface area contributed by atoms with Gasteiger partial charge in [-0.05, 0) is 25.7 Å². The van der Waals surface area contributed by atoms with Crippen molar-refractivity contribution >= 4 is 40.1 Å². The van der Waals surface area contributed by atoms with Crippen molar-refractivity contribution in [2.45, 2.75) is 38.6 Å². The summed E-state index contributed by atoms with van der Waals surface area (Å²) in [5.41, 5.74) is 0. The van der Waals surface area contributed by atoms with E-state index in [0.29, 0.717) is 16.1 Å². The highest BCUT2D eigenvalue weighted by Gasteiger charge is 2.32. The van der Waals surface area contributed by atoms with E-state index in [1.54, 1.807) is 0 Å². The molecule has 2 fully saturated rings. The number of carbonyl (C=O) groups excluding carboxylic acids is 2. The summed E-state index contributed by atoms with van der Waals surface area (Å²) in [5, 5.41) is 0. The van der Waals surface area contributed by atoms with E-state index in [2.05, 4.69) is 6.92 Å². The van der Waals surface area contributed by atoms with Gasteiger partial charge in [-0.1, -0.05) is 30.9 Å². The number of hydrogen-bond acceptors (Lipinski definition) is 4. The molecule has 0 aliphatic carbocycles. The van der Waals surface area contributed by atoms with Crippen molar-refractivity contribution in [1.82, 2.24) is 9.80 Å². The molecule has 2 amide bonds. The molecule has 18 heavy (non-hydrogen) atoms. The Morgan fingerprint density at radius 3 is 2.89 bits per heavy atom. The molecule has 2 aliphatic heterocycles. The van der Waals surface area contributed by atoms with Gasteiger partial charge in [-0.15, -0.1) is 0 Å². The Morgan fingerprint density at radius 2 is 2.28 bits per heavy atom. The monoisotopic (exact) mass is 286 g/mol. The summed E-state index contributed by atoms with van der Waals surface area (Å²) in [4.78, 5) is 27.3. The molecule has 2 aliphatic rings. The minimum atomic E-state index is -0.0385. The molecule has 2 rings (SSSR count). The molecule has 0 aromatic carbocycles. The molecule has 0 N–H and O–H groups in total. The topological polar surface area (TPSA) is 40.6 Å². The molecule has 0 aromatic heterocycles. The lowest BCUT2D eigenvalue weighted by Crippen LogP contribution is -2.48. The maximum Gasteiger partial charge on any atom is 0.242 e. The van der Waals surface area contributed by atoms with Crippen LogP contribution < -0.4 is 0 Å². The minimum Gasteiger partial charge on any atom is -0.338 e. The van der Waals surface area contributed by atoms with Crippen molar-refractivity contribution in [3.63, 3.8) is 0 Å². The van der Waals surface area contributed by atoms with Crippen molar-refractivity contribution in [1.29, 1.82) is 0 Å².